The Kier molecular flexibility index (Phi) is 4.99. The first-order valence-electron chi connectivity index (χ1n) is 9.17. The van der Waals surface area contributed by atoms with E-state index in [1.807, 2.05) is 19.1 Å². The third-order valence-corrected chi connectivity index (χ3v) is 6.94. The molecule has 1 aromatic carbocycles. The highest BCUT2D eigenvalue weighted by molar-refractivity contribution is 7.89. The summed E-state index contributed by atoms with van der Waals surface area (Å²) in [7, 11) is -3.75. The van der Waals surface area contributed by atoms with Gasteiger partial charge in [-0.1, -0.05) is 6.07 Å². The minimum absolute atomic E-state index is 0.00939. The third-order valence-electron chi connectivity index (χ3n) is 5.08. The molecule has 8 heteroatoms. The van der Waals surface area contributed by atoms with Crippen molar-refractivity contribution in [3.05, 3.63) is 66.5 Å². The van der Waals surface area contributed by atoms with Crippen molar-refractivity contribution in [1.29, 1.82) is 0 Å². The predicted octanol–water partition coefficient (Wildman–Crippen LogP) is 3.42. The van der Waals surface area contributed by atoms with Crippen molar-refractivity contribution >= 4 is 10.0 Å². The normalized spacial score (nSPS) is 18.3. The SMILES string of the molecule is Cc1cnc(-c2ccncc2)n1C1CCCN(S(=O)(=O)c2cccc(F)c2)C1. The molecule has 1 aliphatic rings. The van der Waals surface area contributed by atoms with E-state index < -0.39 is 15.8 Å². The molecule has 28 heavy (non-hydrogen) atoms. The van der Waals surface area contributed by atoms with Crippen molar-refractivity contribution in [2.75, 3.05) is 13.1 Å². The summed E-state index contributed by atoms with van der Waals surface area (Å²) in [5.41, 5.74) is 1.91. The predicted molar refractivity (Wildman–Crippen MR) is 104 cm³/mol. The van der Waals surface area contributed by atoms with Gasteiger partial charge in [0.1, 0.15) is 11.6 Å². The third kappa shape index (κ3) is 3.45. The quantitative estimate of drug-likeness (QED) is 0.673. The number of rotatable bonds is 4. The topological polar surface area (TPSA) is 68.1 Å². The van der Waals surface area contributed by atoms with E-state index in [4.69, 9.17) is 0 Å². The second-order valence-corrected chi connectivity index (χ2v) is 8.88. The number of halogens is 1. The van der Waals surface area contributed by atoms with E-state index in [1.165, 1.54) is 22.5 Å². The summed E-state index contributed by atoms with van der Waals surface area (Å²) in [6, 6.07) is 8.92. The van der Waals surface area contributed by atoms with Crippen LogP contribution in [0.5, 0.6) is 0 Å². The second kappa shape index (κ2) is 7.44. The Morgan fingerprint density at radius 3 is 2.71 bits per heavy atom. The number of pyridine rings is 1. The smallest absolute Gasteiger partial charge is 0.243 e. The Labute approximate surface area is 163 Å². The lowest BCUT2D eigenvalue weighted by Gasteiger charge is -2.34. The summed E-state index contributed by atoms with van der Waals surface area (Å²) in [5, 5.41) is 0. The maximum absolute atomic E-state index is 13.6. The molecule has 1 atom stereocenters. The molecule has 1 aliphatic heterocycles. The van der Waals surface area contributed by atoms with Crippen molar-refractivity contribution in [2.24, 2.45) is 0 Å². The molecule has 0 amide bonds. The average Bonchev–Trinajstić information content (AvgIpc) is 3.10. The number of nitrogens with zero attached hydrogens (tertiary/aromatic N) is 4. The van der Waals surface area contributed by atoms with Gasteiger partial charge in [-0.05, 0) is 50.1 Å². The fourth-order valence-corrected chi connectivity index (χ4v) is 5.30. The van der Waals surface area contributed by atoms with Gasteiger partial charge in [-0.15, -0.1) is 0 Å². The van der Waals surface area contributed by atoms with Gasteiger partial charge in [0, 0.05) is 49.0 Å². The summed E-state index contributed by atoms with van der Waals surface area (Å²) >= 11 is 0. The van der Waals surface area contributed by atoms with Crippen molar-refractivity contribution in [3.8, 4) is 11.4 Å². The molecule has 1 fully saturated rings. The summed E-state index contributed by atoms with van der Waals surface area (Å²) in [6.07, 6.45) is 6.81. The number of benzene rings is 1. The lowest BCUT2D eigenvalue weighted by atomic mass is 10.1. The number of aromatic nitrogens is 3. The highest BCUT2D eigenvalue weighted by atomic mass is 32.2. The van der Waals surface area contributed by atoms with Gasteiger partial charge in [0.05, 0.1) is 4.90 Å². The van der Waals surface area contributed by atoms with Gasteiger partial charge in [0.25, 0.3) is 0 Å². The first-order valence-corrected chi connectivity index (χ1v) is 10.6. The standard InChI is InChI=1S/C20H21FN4O2S/c1-15-13-23-20(16-7-9-22-10-8-16)25(15)18-5-3-11-24(14-18)28(26,27)19-6-2-4-17(21)12-19/h2,4,6-10,12-13,18H,3,5,11,14H2,1H3. The monoisotopic (exact) mass is 400 g/mol. The van der Waals surface area contributed by atoms with Crippen LogP contribution in [0.3, 0.4) is 0 Å². The van der Waals surface area contributed by atoms with Crippen LogP contribution in [0.4, 0.5) is 4.39 Å². The van der Waals surface area contributed by atoms with Crippen LogP contribution in [0.2, 0.25) is 0 Å². The zero-order chi connectivity index (χ0) is 19.7. The summed E-state index contributed by atoms with van der Waals surface area (Å²) in [4.78, 5) is 8.58. The maximum atomic E-state index is 13.6. The lowest BCUT2D eigenvalue weighted by Crippen LogP contribution is -2.41. The number of hydrogen-bond donors (Lipinski definition) is 0. The van der Waals surface area contributed by atoms with E-state index in [2.05, 4.69) is 14.5 Å². The Hall–Kier alpha value is -2.58. The van der Waals surface area contributed by atoms with Crippen LogP contribution in [0.15, 0.2) is 59.9 Å². The molecule has 0 aliphatic carbocycles. The molecule has 6 nitrogen and oxygen atoms in total. The first-order chi connectivity index (χ1) is 13.5. The van der Waals surface area contributed by atoms with E-state index in [0.717, 1.165) is 36.0 Å². The Morgan fingerprint density at radius 2 is 1.96 bits per heavy atom. The molecule has 0 radical (unpaired) electrons. The number of piperidine rings is 1. The Bertz CT molecular complexity index is 1080. The summed E-state index contributed by atoms with van der Waals surface area (Å²) < 4.78 is 43.1. The molecule has 0 spiro atoms. The molecule has 3 aromatic rings. The Balaban J connectivity index is 1.66. The number of sulfonamides is 1. The van der Waals surface area contributed by atoms with Crippen LogP contribution in [0.1, 0.15) is 24.6 Å². The van der Waals surface area contributed by atoms with Crippen LogP contribution < -0.4 is 0 Å². The van der Waals surface area contributed by atoms with Gasteiger partial charge < -0.3 is 4.57 Å². The molecule has 2 aromatic heterocycles. The van der Waals surface area contributed by atoms with E-state index >= 15 is 0 Å². The van der Waals surface area contributed by atoms with Crippen LogP contribution in [0.25, 0.3) is 11.4 Å². The van der Waals surface area contributed by atoms with Crippen LogP contribution in [-0.4, -0.2) is 40.3 Å². The van der Waals surface area contributed by atoms with E-state index in [-0.39, 0.29) is 10.9 Å². The Morgan fingerprint density at radius 1 is 1.18 bits per heavy atom. The van der Waals surface area contributed by atoms with Gasteiger partial charge in [-0.2, -0.15) is 4.31 Å². The lowest BCUT2D eigenvalue weighted by molar-refractivity contribution is 0.266. The van der Waals surface area contributed by atoms with Crippen molar-refractivity contribution in [3.63, 3.8) is 0 Å². The fraction of sp³-hybridized carbons (Fsp3) is 0.300. The molecular formula is C20H21FN4O2S. The molecule has 146 valence electrons. The van der Waals surface area contributed by atoms with Gasteiger partial charge in [0.15, 0.2) is 0 Å². The van der Waals surface area contributed by atoms with Gasteiger partial charge >= 0.3 is 0 Å². The average molecular weight is 400 g/mol. The molecular weight excluding hydrogens is 379 g/mol. The highest BCUT2D eigenvalue weighted by Crippen LogP contribution is 2.31. The first kappa shape index (κ1) is 18.8. The van der Waals surface area contributed by atoms with Gasteiger partial charge in [-0.25, -0.2) is 17.8 Å². The van der Waals surface area contributed by atoms with Gasteiger partial charge in [0.2, 0.25) is 10.0 Å². The van der Waals surface area contributed by atoms with Crippen LogP contribution in [-0.2, 0) is 10.0 Å². The number of imidazole rings is 1. The summed E-state index contributed by atoms with van der Waals surface area (Å²) in [5.74, 6) is 0.245. The largest absolute Gasteiger partial charge is 0.324 e. The van der Waals surface area contributed by atoms with Gasteiger partial charge in [-0.3, -0.25) is 4.98 Å². The van der Waals surface area contributed by atoms with Crippen LogP contribution in [0, 0.1) is 12.7 Å². The molecule has 1 saturated heterocycles. The minimum Gasteiger partial charge on any atom is -0.324 e. The minimum atomic E-state index is -3.75. The van der Waals surface area contributed by atoms with E-state index in [1.54, 1.807) is 18.6 Å². The number of hydrogen-bond acceptors (Lipinski definition) is 4. The summed E-state index contributed by atoms with van der Waals surface area (Å²) in [6.45, 7) is 2.72. The van der Waals surface area contributed by atoms with E-state index in [0.29, 0.717) is 13.1 Å². The molecule has 4 rings (SSSR count). The van der Waals surface area contributed by atoms with Crippen LogP contribution >= 0.6 is 0 Å². The number of aryl methyl sites for hydroxylation is 1. The molecule has 0 bridgehead atoms. The second-order valence-electron chi connectivity index (χ2n) is 6.95. The zero-order valence-corrected chi connectivity index (χ0v) is 16.3. The van der Waals surface area contributed by atoms with E-state index in [9.17, 15) is 12.8 Å². The molecule has 3 heterocycles. The van der Waals surface area contributed by atoms with Crippen molar-refractivity contribution < 1.29 is 12.8 Å². The zero-order valence-electron chi connectivity index (χ0n) is 15.5. The molecule has 0 saturated carbocycles. The maximum Gasteiger partial charge on any atom is 0.243 e. The van der Waals surface area contributed by atoms with Crippen molar-refractivity contribution in [2.45, 2.75) is 30.7 Å². The van der Waals surface area contributed by atoms with Crippen molar-refractivity contribution in [1.82, 2.24) is 18.8 Å². The highest BCUT2D eigenvalue weighted by Gasteiger charge is 2.32. The molecule has 1 unspecified atom stereocenters. The fourth-order valence-electron chi connectivity index (χ4n) is 3.75. The molecule has 0 N–H and O–H groups in total.